The summed E-state index contributed by atoms with van der Waals surface area (Å²) < 4.78 is 5.91. The zero-order valence-corrected chi connectivity index (χ0v) is 10.5. The van der Waals surface area contributed by atoms with Gasteiger partial charge >= 0.3 is 0 Å². The van der Waals surface area contributed by atoms with Crippen LogP contribution in [0.4, 0.5) is 0 Å². The molecular formula is C14H19N3O. The Hall–Kier alpha value is -1.00. The Labute approximate surface area is 107 Å². The standard InChI is InChI=1S/C14H19N3O/c15-6-9-7-16-14(17-13(9)8-1-2-8)11-5-10-3-4-12(11)18-10/h7-8,10-12H,1-6,15H2. The fourth-order valence-electron chi connectivity index (χ4n) is 3.39. The van der Waals surface area contributed by atoms with Gasteiger partial charge in [-0.15, -0.1) is 0 Å². The molecule has 1 aromatic rings. The Balaban J connectivity index is 1.67. The Morgan fingerprint density at radius 1 is 1.28 bits per heavy atom. The molecule has 3 fully saturated rings. The van der Waals surface area contributed by atoms with E-state index in [0.717, 1.165) is 17.8 Å². The van der Waals surface area contributed by atoms with Crippen LogP contribution in [0.25, 0.3) is 0 Å². The van der Waals surface area contributed by atoms with Crippen LogP contribution < -0.4 is 5.73 Å². The molecule has 3 unspecified atom stereocenters. The van der Waals surface area contributed by atoms with Crippen molar-refractivity contribution in [2.45, 2.75) is 62.7 Å². The quantitative estimate of drug-likeness (QED) is 0.882. The Kier molecular flexibility index (Phi) is 2.42. The summed E-state index contributed by atoms with van der Waals surface area (Å²) in [5.74, 6) is 2.07. The number of nitrogens with two attached hydrogens (primary N) is 1. The molecule has 2 saturated heterocycles. The number of hydrogen-bond donors (Lipinski definition) is 1. The summed E-state index contributed by atoms with van der Waals surface area (Å²) >= 11 is 0. The number of nitrogens with zero attached hydrogens (tertiary/aromatic N) is 2. The van der Waals surface area contributed by atoms with Crippen LogP contribution >= 0.6 is 0 Å². The van der Waals surface area contributed by atoms with Crippen molar-refractivity contribution >= 4 is 0 Å². The van der Waals surface area contributed by atoms with Gasteiger partial charge in [0.1, 0.15) is 5.82 Å². The normalized spacial score (nSPS) is 34.2. The summed E-state index contributed by atoms with van der Waals surface area (Å²) in [6, 6.07) is 0. The van der Waals surface area contributed by atoms with E-state index in [4.69, 9.17) is 15.5 Å². The summed E-state index contributed by atoms with van der Waals surface area (Å²) in [5.41, 5.74) is 8.12. The van der Waals surface area contributed by atoms with E-state index in [9.17, 15) is 0 Å². The molecule has 4 nitrogen and oxygen atoms in total. The van der Waals surface area contributed by atoms with Crippen molar-refractivity contribution in [2.24, 2.45) is 5.73 Å². The summed E-state index contributed by atoms with van der Waals surface area (Å²) in [4.78, 5) is 9.39. The van der Waals surface area contributed by atoms with E-state index in [-0.39, 0.29) is 0 Å². The van der Waals surface area contributed by atoms with Gasteiger partial charge in [0.2, 0.25) is 0 Å². The molecule has 18 heavy (non-hydrogen) atoms. The van der Waals surface area contributed by atoms with Crippen LogP contribution in [0, 0.1) is 0 Å². The highest BCUT2D eigenvalue weighted by Crippen LogP contribution is 2.45. The zero-order valence-electron chi connectivity index (χ0n) is 10.5. The molecule has 4 heteroatoms. The van der Waals surface area contributed by atoms with Gasteiger partial charge in [-0.05, 0) is 32.1 Å². The molecule has 0 amide bonds. The molecule has 1 aromatic heterocycles. The lowest BCUT2D eigenvalue weighted by atomic mass is 9.88. The number of hydrogen-bond acceptors (Lipinski definition) is 4. The number of fused-ring (bicyclic) bond motifs is 2. The summed E-state index contributed by atoms with van der Waals surface area (Å²) in [5, 5.41) is 0. The number of ether oxygens (including phenoxy) is 1. The van der Waals surface area contributed by atoms with Gasteiger partial charge in [-0.1, -0.05) is 0 Å². The maximum Gasteiger partial charge on any atom is 0.134 e. The fraction of sp³-hybridized carbons (Fsp3) is 0.714. The van der Waals surface area contributed by atoms with Crippen molar-refractivity contribution < 1.29 is 4.74 Å². The first-order valence-electron chi connectivity index (χ1n) is 7.06. The minimum Gasteiger partial charge on any atom is -0.374 e. The molecule has 0 radical (unpaired) electrons. The number of aromatic nitrogens is 2. The van der Waals surface area contributed by atoms with Crippen molar-refractivity contribution in [3.63, 3.8) is 0 Å². The molecule has 0 spiro atoms. The largest absolute Gasteiger partial charge is 0.374 e. The highest BCUT2D eigenvalue weighted by molar-refractivity contribution is 5.26. The molecule has 4 rings (SSSR count). The highest BCUT2D eigenvalue weighted by Gasteiger charge is 2.43. The van der Waals surface area contributed by atoms with Crippen molar-refractivity contribution in [2.75, 3.05) is 0 Å². The van der Waals surface area contributed by atoms with Crippen LogP contribution in [0.1, 0.15) is 61.0 Å². The minimum absolute atomic E-state index is 0.366. The lowest BCUT2D eigenvalue weighted by Crippen LogP contribution is -2.18. The molecular weight excluding hydrogens is 226 g/mol. The molecule has 96 valence electrons. The van der Waals surface area contributed by atoms with Crippen molar-refractivity contribution in [1.29, 1.82) is 0 Å². The third-order valence-corrected chi connectivity index (χ3v) is 4.54. The topological polar surface area (TPSA) is 61.0 Å². The Bertz CT molecular complexity index is 472. The average molecular weight is 245 g/mol. The van der Waals surface area contributed by atoms with Gasteiger partial charge in [0.05, 0.1) is 17.9 Å². The monoisotopic (exact) mass is 245 g/mol. The van der Waals surface area contributed by atoms with Gasteiger partial charge in [-0.3, -0.25) is 0 Å². The second-order valence-corrected chi connectivity index (χ2v) is 5.83. The predicted molar refractivity (Wildman–Crippen MR) is 67.2 cm³/mol. The SMILES string of the molecule is NCc1cnc(C2CC3CCC2O3)nc1C1CC1. The second-order valence-electron chi connectivity index (χ2n) is 5.83. The minimum atomic E-state index is 0.366. The first-order valence-corrected chi connectivity index (χ1v) is 7.06. The van der Waals surface area contributed by atoms with Crippen LogP contribution in [-0.2, 0) is 11.3 Å². The van der Waals surface area contributed by atoms with Crippen molar-refractivity contribution in [3.8, 4) is 0 Å². The maximum atomic E-state index is 5.91. The molecule has 2 N–H and O–H groups in total. The van der Waals surface area contributed by atoms with E-state index in [1.165, 1.54) is 31.4 Å². The van der Waals surface area contributed by atoms with E-state index in [2.05, 4.69) is 4.98 Å². The Morgan fingerprint density at radius 2 is 2.17 bits per heavy atom. The van der Waals surface area contributed by atoms with E-state index >= 15 is 0 Å². The third kappa shape index (κ3) is 1.67. The van der Waals surface area contributed by atoms with Crippen molar-refractivity contribution in [3.05, 3.63) is 23.3 Å². The van der Waals surface area contributed by atoms with Crippen LogP contribution in [0.15, 0.2) is 6.20 Å². The molecule has 2 aliphatic heterocycles. The average Bonchev–Trinajstić information content (AvgIpc) is 3.05. The maximum absolute atomic E-state index is 5.91. The molecule has 2 bridgehead atoms. The van der Waals surface area contributed by atoms with Crippen LogP contribution in [0.2, 0.25) is 0 Å². The fourth-order valence-corrected chi connectivity index (χ4v) is 3.39. The lowest BCUT2D eigenvalue weighted by molar-refractivity contribution is 0.0998. The molecule has 3 heterocycles. The molecule has 3 aliphatic rings. The number of rotatable bonds is 3. The first-order chi connectivity index (χ1) is 8.85. The van der Waals surface area contributed by atoms with E-state index < -0.39 is 0 Å². The van der Waals surface area contributed by atoms with E-state index in [1.54, 1.807) is 0 Å². The van der Waals surface area contributed by atoms with Gasteiger partial charge in [-0.25, -0.2) is 9.97 Å². The highest BCUT2D eigenvalue weighted by atomic mass is 16.5. The summed E-state index contributed by atoms with van der Waals surface area (Å²) in [6.45, 7) is 0.555. The zero-order chi connectivity index (χ0) is 12.1. The van der Waals surface area contributed by atoms with Crippen molar-refractivity contribution in [1.82, 2.24) is 9.97 Å². The van der Waals surface area contributed by atoms with Gasteiger partial charge in [0.25, 0.3) is 0 Å². The molecule has 0 aromatic carbocycles. The predicted octanol–water partition coefficient (Wildman–Crippen LogP) is 1.85. The third-order valence-electron chi connectivity index (χ3n) is 4.54. The molecule has 3 atom stereocenters. The Morgan fingerprint density at radius 3 is 2.78 bits per heavy atom. The molecule has 1 aliphatic carbocycles. The van der Waals surface area contributed by atoms with E-state index in [0.29, 0.717) is 30.6 Å². The molecule has 1 saturated carbocycles. The smallest absolute Gasteiger partial charge is 0.134 e. The summed E-state index contributed by atoms with van der Waals surface area (Å²) in [7, 11) is 0. The second kappa shape index (κ2) is 4.00. The summed E-state index contributed by atoms with van der Waals surface area (Å²) in [6.07, 6.45) is 8.80. The van der Waals surface area contributed by atoms with Crippen LogP contribution in [-0.4, -0.2) is 22.2 Å². The van der Waals surface area contributed by atoms with Crippen LogP contribution in [0.5, 0.6) is 0 Å². The van der Waals surface area contributed by atoms with E-state index in [1.807, 2.05) is 6.20 Å². The lowest BCUT2D eigenvalue weighted by Gasteiger charge is -2.18. The van der Waals surface area contributed by atoms with Crippen LogP contribution in [0.3, 0.4) is 0 Å². The van der Waals surface area contributed by atoms with Gasteiger partial charge in [0.15, 0.2) is 0 Å². The van der Waals surface area contributed by atoms with Gasteiger partial charge < -0.3 is 10.5 Å². The van der Waals surface area contributed by atoms with Gasteiger partial charge in [0, 0.05) is 30.1 Å². The first kappa shape index (κ1) is 10.9. The van der Waals surface area contributed by atoms with Gasteiger partial charge in [-0.2, -0.15) is 0 Å².